The van der Waals surface area contributed by atoms with E-state index in [9.17, 15) is 0 Å². The standard InChI is InChI=1S/C14H20O4/c1-16-12-6-4-11(5-7-12)14-17-10-8-13(18-14)3-2-9-15/h4-7,13-15H,2-3,8-10H2,1H3/t13-,14?/m0/s1. The zero-order chi connectivity index (χ0) is 12.8. The molecule has 1 N–H and O–H groups in total. The molecular formula is C14H20O4. The number of methoxy groups -OCH3 is 1. The molecule has 2 atom stereocenters. The highest BCUT2D eigenvalue weighted by Crippen LogP contribution is 2.29. The van der Waals surface area contributed by atoms with E-state index in [0.717, 1.165) is 30.6 Å². The summed E-state index contributed by atoms with van der Waals surface area (Å²) in [4.78, 5) is 0. The van der Waals surface area contributed by atoms with E-state index in [4.69, 9.17) is 19.3 Å². The van der Waals surface area contributed by atoms with Crippen molar-refractivity contribution in [3.63, 3.8) is 0 Å². The number of ether oxygens (including phenoxy) is 3. The summed E-state index contributed by atoms with van der Waals surface area (Å²) in [5.74, 6) is 0.825. The third-order valence-electron chi connectivity index (χ3n) is 3.10. The molecule has 0 bridgehead atoms. The van der Waals surface area contributed by atoms with Crippen molar-refractivity contribution < 1.29 is 19.3 Å². The van der Waals surface area contributed by atoms with Crippen molar-refractivity contribution in [1.82, 2.24) is 0 Å². The molecule has 1 saturated heterocycles. The average Bonchev–Trinajstić information content (AvgIpc) is 2.45. The molecule has 1 aromatic carbocycles. The van der Waals surface area contributed by atoms with Gasteiger partial charge in [0, 0.05) is 12.2 Å². The zero-order valence-corrected chi connectivity index (χ0v) is 10.7. The van der Waals surface area contributed by atoms with Crippen molar-refractivity contribution in [1.29, 1.82) is 0 Å². The van der Waals surface area contributed by atoms with Gasteiger partial charge in [-0.05, 0) is 31.4 Å². The van der Waals surface area contributed by atoms with Crippen LogP contribution in [0.15, 0.2) is 24.3 Å². The van der Waals surface area contributed by atoms with Crippen molar-refractivity contribution in [3.05, 3.63) is 29.8 Å². The highest BCUT2D eigenvalue weighted by Gasteiger charge is 2.23. The van der Waals surface area contributed by atoms with E-state index in [1.807, 2.05) is 24.3 Å². The first-order chi connectivity index (χ1) is 8.83. The van der Waals surface area contributed by atoms with E-state index < -0.39 is 0 Å². The third-order valence-corrected chi connectivity index (χ3v) is 3.10. The Morgan fingerprint density at radius 3 is 2.78 bits per heavy atom. The summed E-state index contributed by atoms with van der Waals surface area (Å²) < 4.78 is 16.6. The van der Waals surface area contributed by atoms with Crippen LogP contribution in [0.5, 0.6) is 5.75 Å². The van der Waals surface area contributed by atoms with E-state index in [1.165, 1.54) is 0 Å². The van der Waals surface area contributed by atoms with Gasteiger partial charge in [0.1, 0.15) is 5.75 Å². The third kappa shape index (κ3) is 3.45. The molecular weight excluding hydrogens is 232 g/mol. The summed E-state index contributed by atoms with van der Waals surface area (Å²) in [6.45, 7) is 0.917. The van der Waals surface area contributed by atoms with E-state index in [1.54, 1.807) is 7.11 Å². The van der Waals surface area contributed by atoms with Crippen LogP contribution in [0.3, 0.4) is 0 Å². The topological polar surface area (TPSA) is 47.9 Å². The van der Waals surface area contributed by atoms with Crippen LogP contribution in [0.1, 0.15) is 31.1 Å². The van der Waals surface area contributed by atoms with Crippen LogP contribution >= 0.6 is 0 Å². The second-order valence-corrected chi connectivity index (χ2v) is 4.39. The van der Waals surface area contributed by atoms with Crippen molar-refractivity contribution in [2.24, 2.45) is 0 Å². The van der Waals surface area contributed by atoms with Gasteiger partial charge in [0.2, 0.25) is 0 Å². The molecule has 1 aliphatic heterocycles. The number of hydrogen-bond donors (Lipinski definition) is 1. The SMILES string of the molecule is COc1ccc(C2OCC[C@H](CCCO)O2)cc1. The van der Waals surface area contributed by atoms with Crippen LogP contribution in [0.2, 0.25) is 0 Å². The molecule has 0 aromatic heterocycles. The minimum atomic E-state index is -0.298. The fourth-order valence-electron chi connectivity index (χ4n) is 2.06. The Balaban J connectivity index is 1.94. The maximum atomic E-state index is 8.84. The van der Waals surface area contributed by atoms with Gasteiger partial charge in [0.05, 0.1) is 19.8 Å². The summed E-state index contributed by atoms with van der Waals surface area (Å²) in [6, 6.07) is 7.72. The molecule has 0 saturated carbocycles. The Labute approximate surface area is 107 Å². The van der Waals surface area contributed by atoms with E-state index in [0.29, 0.717) is 6.61 Å². The number of benzene rings is 1. The van der Waals surface area contributed by atoms with Gasteiger partial charge in [0.25, 0.3) is 0 Å². The predicted molar refractivity (Wildman–Crippen MR) is 67.5 cm³/mol. The molecule has 2 rings (SSSR count). The summed E-state index contributed by atoms with van der Waals surface area (Å²) in [6.07, 6.45) is 2.44. The summed E-state index contributed by atoms with van der Waals surface area (Å²) in [5, 5.41) is 8.84. The molecule has 0 amide bonds. The molecule has 1 aliphatic rings. The first-order valence-corrected chi connectivity index (χ1v) is 6.35. The fourth-order valence-corrected chi connectivity index (χ4v) is 2.06. The smallest absolute Gasteiger partial charge is 0.184 e. The zero-order valence-electron chi connectivity index (χ0n) is 10.7. The number of rotatable bonds is 5. The van der Waals surface area contributed by atoms with Crippen LogP contribution in [-0.4, -0.2) is 31.5 Å². The minimum absolute atomic E-state index is 0.179. The normalized spacial score (nSPS) is 23.9. The van der Waals surface area contributed by atoms with Gasteiger partial charge < -0.3 is 19.3 Å². The van der Waals surface area contributed by atoms with Crippen LogP contribution in [-0.2, 0) is 9.47 Å². The molecule has 0 spiro atoms. The van der Waals surface area contributed by atoms with Gasteiger partial charge in [-0.3, -0.25) is 0 Å². The van der Waals surface area contributed by atoms with Crippen LogP contribution in [0.25, 0.3) is 0 Å². The summed E-state index contributed by atoms with van der Waals surface area (Å²) in [7, 11) is 1.65. The molecule has 1 fully saturated rings. The van der Waals surface area contributed by atoms with Gasteiger partial charge in [0.15, 0.2) is 6.29 Å². The Bertz CT molecular complexity index is 349. The second-order valence-electron chi connectivity index (χ2n) is 4.39. The minimum Gasteiger partial charge on any atom is -0.497 e. The number of hydrogen-bond acceptors (Lipinski definition) is 4. The van der Waals surface area contributed by atoms with Crippen LogP contribution in [0, 0.1) is 0 Å². The highest BCUT2D eigenvalue weighted by molar-refractivity contribution is 5.27. The lowest BCUT2D eigenvalue weighted by molar-refractivity contribution is -0.218. The van der Waals surface area contributed by atoms with Crippen LogP contribution in [0.4, 0.5) is 0 Å². The molecule has 4 nitrogen and oxygen atoms in total. The van der Waals surface area contributed by atoms with Crippen molar-refractivity contribution in [2.75, 3.05) is 20.3 Å². The molecule has 1 aromatic rings. The van der Waals surface area contributed by atoms with E-state index in [2.05, 4.69) is 0 Å². The Morgan fingerprint density at radius 1 is 1.33 bits per heavy atom. The summed E-state index contributed by atoms with van der Waals surface area (Å²) in [5.41, 5.74) is 1.00. The molecule has 18 heavy (non-hydrogen) atoms. The molecule has 100 valence electrons. The molecule has 0 aliphatic carbocycles. The lowest BCUT2D eigenvalue weighted by Gasteiger charge is -2.30. The van der Waals surface area contributed by atoms with Gasteiger partial charge in [-0.1, -0.05) is 12.1 Å². The first kappa shape index (κ1) is 13.3. The molecule has 1 heterocycles. The van der Waals surface area contributed by atoms with Gasteiger partial charge in [-0.25, -0.2) is 0 Å². The monoisotopic (exact) mass is 252 g/mol. The van der Waals surface area contributed by atoms with Crippen LogP contribution < -0.4 is 4.74 Å². The maximum Gasteiger partial charge on any atom is 0.184 e. The van der Waals surface area contributed by atoms with E-state index in [-0.39, 0.29) is 19.0 Å². The van der Waals surface area contributed by atoms with E-state index >= 15 is 0 Å². The number of aliphatic hydroxyl groups is 1. The van der Waals surface area contributed by atoms with Crippen molar-refractivity contribution in [2.45, 2.75) is 31.7 Å². The highest BCUT2D eigenvalue weighted by atomic mass is 16.7. The predicted octanol–water partition coefficient (Wildman–Crippen LogP) is 2.27. The first-order valence-electron chi connectivity index (χ1n) is 6.35. The van der Waals surface area contributed by atoms with Crippen molar-refractivity contribution in [3.8, 4) is 5.75 Å². The van der Waals surface area contributed by atoms with Gasteiger partial charge in [-0.2, -0.15) is 0 Å². The molecule has 1 unspecified atom stereocenters. The Hall–Kier alpha value is -1.10. The number of aliphatic hydroxyl groups excluding tert-OH is 1. The quantitative estimate of drug-likeness (QED) is 0.873. The Kier molecular flexibility index (Phi) is 4.99. The van der Waals surface area contributed by atoms with Crippen molar-refractivity contribution >= 4 is 0 Å². The second kappa shape index (κ2) is 6.73. The van der Waals surface area contributed by atoms with Gasteiger partial charge in [-0.15, -0.1) is 0 Å². The summed E-state index contributed by atoms with van der Waals surface area (Å²) >= 11 is 0. The average molecular weight is 252 g/mol. The maximum absolute atomic E-state index is 8.84. The lowest BCUT2D eigenvalue weighted by atomic mass is 10.1. The molecule has 4 heteroatoms. The fraction of sp³-hybridized carbons (Fsp3) is 0.571. The Morgan fingerprint density at radius 2 is 2.11 bits per heavy atom. The largest absolute Gasteiger partial charge is 0.497 e. The lowest BCUT2D eigenvalue weighted by Crippen LogP contribution is -2.27. The van der Waals surface area contributed by atoms with Gasteiger partial charge >= 0.3 is 0 Å². The molecule has 0 radical (unpaired) electrons.